The topological polar surface area (TPSA) is 98.5 Å². The summed E-state index contributed by atoms with van der Waals surface area (Å²) in [7, 11) is 0. The molecule has 1 atom stereocenters. The van der Waals surface area contributed by atoms with Crippen LogP contribution < -0.4 is 11.1 Å². The van der Waals surface area contributed by atoms with Crippen LogP contribution in [0, 0.1) is 5.82 Å². The van der Waals surface area contributed by atoms with Crippen LogP contribution in [0.3, 0.4) is 0 Å². The highest BCUT2D eigenvalue weighted by Crippen LogP contribution is 2.13. The van der Waals surface area contributed by atoms with Crippen LogP contribution in [0.25, 0.3) is 0 Å². The molecule has 24 heavy (non-hydrogen) atoms. The zero-order valence-corrected chi connectivity index (χ0v) is 12.8. The van der Waals surface area contributed by atoms with E-state index in [1.54, 1.807) is 0 Å². The Labute approximate surface area is 137 Å². The molecule has 0 radical (unpaired) electrons. The van der Waals surface area contributed by atoms with Crippen LogP contribution >= 0.6 is 0 Å². The van der Waals surface area contributed by atoms with Gasteiger partial charge in [0.2, 0.25) is 5.78 Å². The number of nitrogens with one attached hydrogen (secondary N) is 1. The molecule has 0 aromatic heterocycles. The standard InChI is InChI=1S/C17H15FN2O4/c1-10(15(21)11-2-6-13(18)7-3-11)24-16(22)12-4-8-14(9-5-12)20-17(19)23/h2-10H,1H3,(H3,19,20,23)/t10-/m0/s1. The van der Waals surface area contributed by atoms with Gasteiger partial charge in [0.05, 0.1) is 5.56 Å². The van der Waals surface area contributed by atoms with Crippen molar-refractivity contribution in [1.29, 1.82) is 0 Å². The number of hydrogen-bond donors (Lipinski definition) is 2. The van der Waals surface area contributed by atoms with E-state index in [0.717, 1.165) is 12.1 Å². The molecule has 0 aliphatic carbocycles. The maximum Gasteiger partial charge on any atom is 0.338 e. The number of anilines is 1. The Balaban J connectivity index is 2.01. The summed E-state index contributed by atoms with van der Waals surface area (Å²) in [4.78, 5) is 34.9. The number of rotatable bonds is 5. The van der Waals surface area contributed by atoms with Crippen molar-refractivity contribution in [2.75, 3.05) is 5.32 Å². The molecular formula is C17H15FN2O4. The predicted molar refractivity (Wildman–Crippen MR) is 85.3 cm³/mol. The first-order valence-corrected chi connectivity index (χ1v) is 7.04. The van der Waals surface area contributed by atoms with E-state index in [0.29, 0.717) is 5.69 Å². The first-order valence-electron chi connectivity index (χ1n) is 7.04. The van der Waals surface area contributed by atoms with Crippen LogP contribution in [0.1, 0.15) is 27.6 Å². The van der Waals surface area contributed by atoms with E-state index in [2.05, 4.69) is 5.32 Å². The third kappa shape index (κ3) is 4.39. The number of carbonyl (C=O) groups excluding carboxylic acids is 3. The number of urea groups is 1. The molecule has 0 unspecified atom stereocenters. The maximum atomic E-state index is 12.9. The lowest BCUT2D eigenvalue weighted by Crippen LogP contribution is -2.24. The number of ketones is 1. The van der Waals surface area contributed by atoms with E-state index in [9.17, 15) is 18.8 Å². The van der Waals surface area contributed by atoms with Crippen molar-refractivity contribution in [3.05, 3.63) is 65.5 Å². The Hall–Kier alpha value is -3.22. The van der Waals surface area contributed by atoms with Crippen molar-refractivity contribution < 1.29 is 23.5 Å². The van der Waals surface area contributed by atoms with Crippen molar-refractivity contribution in [2.45, 2.75) is 13.0 Å². The van der Waals surface area contributed by atoms with Crippen LogP contribution in [0.4, 0.5) is 14.9 Å². The lowest BCUT2D eigenvalue weighted by Gasteiger charge is -2.12. The highest BCUT2D eigenvalue weighted by molar-refractivity contribution is 6.01. The molecule has 2 amide bonds. The second-order valence-corrected chi connectivity index (χ2v) is 4.99. The summed E-state index contributed by atoms with van der Waals surface area (Å²) in [6, 6.07) is 10.1. The predicted octanol–water partition coefficient (Wildman–Crippen LogP) is 2.74. The monoisotopic (exact) mass is 330 g/mol. The largest absolute Gasteiger partial charge is 0.451 e. The Morgan fingerprint density at radius 3 is 2.08 bits per heavy atom. The minimum Gasteiger partial charge on any atom is -0.451 e. The van der Waals surface area contributed by atoms with Crippen molar-refractivity contribution in [1.82, 2.24) is 0 Å². The number of Topliss-reactive ketones (excluding diaryl/α,β-unsaturated/α-hetero) is 1. The zero-order valence-electron chi connectivity index (χ0n) is 12.8. The van der Waals surface area contributed by atoms with Crippen LogP contribution in [-0.2, 0) is 4.74 Å². The second-order valence-electron chi connectivity index (χ2n) is 4.99. The van der Waals surface area contributed by atoms with Gasteiger partial charge in [-0.1, -0.05) is 0 Å². The summed E-state index contributed by atoms with van der Waals surface area (Å²) in [6.45, 7) is 1.44. The first kappa shape index (κ1) is 17.1. The average Bonchev–Trinajstić information content (AvgIpc) is 2.55. The summed E-state index contributed by atoms with van der Waals surface area (Å²) in [6.07, 6.45) is -1.02. The SMILES string of the molecule is C[C@H](OC(=O)c1ccc(NC(N)=O)cc1)C(=O)c1ccc(F)cc1. The number of nitrogens with two attached hydrogens (primary N) is 1. The van der Waals surface area contributed by atoms with Crippen LogP contribution in [0.2, 0.25) is 0 Å². The Kier molecular flexibility index (Phi) is 5.26. The summed E-state index contributed by atoms with van der Waals surface area (Å²) >= 11 is 0. The molecule has 0 saturated carbocycles. The number of primary amides is 1. The van der Waals surface area contributed by atoms with Crippen molar-refractivity contribution in [3.63, 3.8) is 0 Å². The smallest absolute Gasteiger partial charge is 0.338 e. The van der Waals surface area contributed by atoms with Gasteiger partial charge in [-0.25, -0.2) is 14.0 Å². The van der Waals surface area contributed by atoms with Gasteiger partial charge in [-0.3, -0.25) is 4.79 Å². The zero-order chi connectivity index (χ0) is 17.7. The van der Waals surface area contributed by atoms with E-state index in [1.807, 2.05) is 0 Å². The van der Waals surface area contributed by atoms with Gasteiger partial charge in [-0.15, -0.1) is 0 Å². The lowest BCUT2D eigenvalue weighted by molar-refractivity contribution is 0.0319. The van der Waals surface area contributed by atoms with Crippen LogP contribution in [0.15, 0.2) is 48.5 Å². The molecule has 6 nitrogen and oxygen atoms in total. The molecule has 0 heterocycles. The number of benzene rings is 2. The molecule has 3 N–H and O–H groups in total. The van der Waals surface area contributed by atoms with Gasteiger partial charge in [0.1, 0.15) is 5.82 Å². The lowest BCUT2D eigenvalue weighted by atomic mass is 10.1. The summed E-state index contributed by atoms with van der Waals surface area (Å²) in [5.74, 6) is -1.58. The number of amides is 2. The fourth-order valence-corrected chi connectivity index (χ4v) is 1.96. The summed E-state index contributed by atoms with van der Waals surface area (Å²) in [5, 5.41) is 2.36. The minimum atomic E-state index is -1.02. The van der Waals surface area contributed by atoms with Crippen molar-refractivity contribution >= 4 is 23.5 Å². The molecule has 0 aliphatic heterocycles. The Morgan fingerprint density at radius 1 is 1.00 bits per heavy atom. The van der Waals surface area contributed by atoms with Gasteiger partial charge in [0.25, 0.3) is 0 Å². The van der Waals surface area contributed by atoms with Gasteiger partial charge in [-0.2, -0.15) is 0 Å². The highest BCUT2D eigenvalue weighted by atomic mass is 19.1. The molecule has 0 aliphatic rings. The van der Waals surface area contributed by atoms with Crippen molar-refractivity contribution in [2.24, 2.45) is 5.73 Å². The first-order chi connectivity index (χ1) is 11.4. The Bertz CT molecular complexity index is 757. The second kappa shape index (κ2) is 7.36. The highest BCUT2D eigenvalue weighted by Gasteiger charge is 2.20. The molecule has 2 aromatic rings. The van der Waals surface area contributed by atoms with E-state index in [1.165, 1.54) is 43.3 Å². The van der Waals surface area contributed by atoms with Gasteiger partial charge in [0.15, 0.2) is 6.10 Å². The molecule has 0 saturated heterocycles. The third-order valence-corrected chi connectivity index (χ3v) is 3.17. The minimum absolute atomic E-state index is 0.212. The molecule has 2 rings (SSSR count). The number of esters is 1. The van der Waals surface area contributed by atoms with Crippen LogP contribution in [0.5, 0.6) is 0 Å². The van der Waals surface area contributed by atoms with Crippen molar-refractivity contribution in [3.8, 4) is 0 Å². The number of halogens is 1. The third-order valence-electron chi connectivity index (χ3n) is 3.17. The summed E-state index contributed by atoms with van der Waals surface area (Å²) < 4.78 is 18.0. The molecular weight excluding hydrogens is 315 g/mol. The number of carbonyl (C=O) groups is 3. The Morgan fingerprint density at radius 2 is 1.54 bits per heavy atom. The number of ether oxygens (including phenoxy) is 1. The van der Waals surface area contributed by atoms with Gasteiger partial charge in [0, 0.05) is 11.3 Å². The molecule has 0 bridgehead atoms. The quantitative estimate of drug-likeness (QED) is 0.650. The van der Waals surface area contributed by atoms with Crippen LogP contribution in [-0.4, -0.2) is 23.9 Å². The summed E-state index contributed by atoms with van der Waals surface area (Å²) in [5.41, 5.74) is 5.87. The van der Waals surface area contributed by atoms with Gasteiger partial charge < -0.3 is 15.8 Å². The van der Waals surface area contributed by atoms with E-state index < -0.39 is 29.7 Å². The fraction of sp³-hybridized carbons (Fsp3) is 0.118. The van der Waals surface area contributed by atoms with Gasteiger partial charge >= 0.3 is 12.0 Å². The number of hydrogen-bond acceptors (Lipinski definition) is 4. The molecule has 0 spiro atoms. The maximum absolute atomic E-state index is 12.9. The average molecular weight is 330 g/mol. The van der Waals surface area contributed by atoms with E-state index >= 15 is 0 Å². The van der Waals surface area contributed by atoms with E-state index in [4.69, 9.17) is 10.5 Å². The fourth-order valence-electron chi connectivity index (χ4n) is 1.96. The molecule has 2 aromatic carbocycles. The molecule has 7 heteroatoms. The normalized spacial score (nSPS) is 11.4. The van der Waals surface area contributed by atoms with Gasteiger partial charge in [-0.05, 0) is 55.5 Å². The molecule has 0 fully saturated rings. The van der Waals surface area contributed by atoms with E-state index in [-0.39, 0.29) is 11.1 Å². The molecule has 124 valence electrons.